The summed E-state index contributed by atoms with van der Waals surface area (Å²) in [6.07, 6.45) is 3.21. The second kappa shape index (κ2) is 8.79. The number of aromatic nitrogens is 6. The maximum atomic E-state index is 12.1. The first-order chi connectivity index (χ1) is 16.1. The molecule has 1 aliphatic rings. The van der Waals surface area contributed by atoms with Crippen molar-refractivity contribution in [2.45, 2.75) is 0 Å². The average molecular weight is 446 g/mol. The number of benzene rings is 1. The molecule has 0 radical (unpaired) electrons. The number of H-pyrrole nitrogens is 1. The van der Waals surface area contributed by atoms with Crippen LogP contribution in [-0.2, 0) is 4.74 Å². The number of hydrogen-bond acceptors (Lipinski definition) is 9. The minimum Gasteiger partial charge on any atom is -0.405 e. The Morgan fingerprint density at radius 3 is 2.70 bits per heavy atom. The van der Waals surface area contributed by atoms with Crippen LogP contribution in [-0.4, -0.2) is 81.3 Å². The van der Waals surface area contributed by atoms with Crippen LogP contribution in [0.15, 0.2) is 42.7 Å². The van der Waals surface area contributed by atoms with Gasteiger partial charge < -0.3 is 19.3 Å². The van der Waals surface area contributed by atoms with Crippen LogP contribution < -0.4 is 9.64 Å². The highest BCUT2D eigenvalue weighted by Crippen LogP contribution is 2.28. The molecule has 0 saturated carbocycles. The van der Waals surface area contributed by atoms with Crippen molar-refractivity contribution in [1.82, 2.24) is 35.0 Å². The van der Waals surface area contributed by atoms with Crippen LogP contribution in [0, 0.1) is 0 Å². The predicted molar refractivity (Wildman–Crippen MR) is 120 cm³/mol. The van der Waals surface area contributed by atoms with E-state index < -0.39 is 0 Å². The Morgan fingerprint density at radius 1 is 1.09 bits per heavy atom. The topological polar surface area (TPSA) is 122 Å². The molecule has 1 N–H and O–H groups in total. The molecule has 4 aromatic rings. The molecule has 4 heterocycles. The SMILES string of the molecule is CN(C)C(=O)c1ccc(Oc2nc(-c3cccc4[nH]ncc34)nc(N3CCOCC3)n2)nc1. The molecule has 168 valence electrons. The van der Waals surface area contributed by atoms with Crippen molar-refractivity contribution in [1.29, 1.82) is 0 Å². The molecule has 1 aliphatic heterocycles. The van der Waals surface area contributed by atoms with Crippen LogP contribution in [0.5, 0.6) is 11.9 Å². The molecule has 3 aromatic heterocycles. The lowest BCUT2D eigenvalue weighted by Gasteiger charge is -2.27. The lowest BCUT2D eigenvalue weighted by Crippen LogP contribution is -2.37. The Kier molecular flexibility index (Phi) is 5.53. The standard InChI is InChI=1S/C22H22N8O3/c1-29(2)20(31)14-6-7-18(23-12-14)33-22-26-19(15-4-3-5-17-16(15)13-24-28-17)25-21(27-22)30-8-10-32-11-9-30/h3-7,12-13H,8-11H2,1-2H3,(H,24,28). The van der Waals surface area contributed by atoms with Crippen molar-refractivity contribution in [2.24, 2.45) is 0 Å². The predicted octanol–water partition coefficient (Wildman–Crippen LogP) is 2.14. The van der Waals surface area contributed by atoms with Gasteiger partial charge >= 0.3 is 6.01 Å². The lowest BCUT2D eigenvalue weighted by molar-refractivity contribution is 0.0827. The largest absolute Gasteiger partial charge is 0.405 e. The number of pyridine rings is 1. The van der Waals surface area contributed by atoms with Gasteiger partial charge in [-0.1, -0.05) is 12.1 Å². The summed E-state index contributed by atoms with van der Waals surface area (Å²) >= 11 is 0. The van der Waals surface area contributed by atoms with E-state index in [0.29, 0.717) is 43.6 Å². The Balaban J connectivity index is 1.52. The van der Waals surface area contributed by atoms with Gasteiger partial charge in [0.05, 0.1) is 30.5 Å². The van der Waals surface area contributed by atoms with E-state index in [-0.39, 0.29) is 17.8 Å². The summed E-state index contributed by atoms with van der Waals surface area (Å²) in [5, 5.41) is 7.99. The minimum absolute atomic E-state index is 0.112. The number of fused-ring (bicyclic) bond motifs is 1. The Labute approximate surface area is 189 Å². The molecule has 1 amide bonds. The molecular formula is C22H22N8O3. The van der Waals surface area contributed by atoms with Gasteiger partial charge in [0.1, 0.15) is 0 Å². The summed E-state index contributed by atoms with van der Waals surface area (Å²) in [4.78, 5) is 33.7. The number of nitrogens with zero attached hydrogens (tertiary/aromatic N) is 7. The third-order valence-corrected chi connectivity index (χ3v) is 5.21. The van der Waals surface area contributed by atoms with Crippen molar-refractivity contribution in [3.05, 3.63) is 48.3 Å². The molecule has 33 heavy (non-hydrogen) atoms. The van der Waals surface area contributed by atoms with Crippen LogP contribution >= 0.6 is 0 Å². The molecule has 11 heteroatoms. The van der Waals surface area contributed by atoms with Crippen molar-refractivity contribution in [3.63, 3.8) is 0 Å². The van der Waals surface area contributed by atoms with Crippen molar-refractivity contribution < 1.29 is 14.3 Å². The smallest absolute Gasteiger partial charge is 0.328 e. The molecule has 0 spiro atoms. The second-order valence-electron chi connectivity index (χ2n) is 7.66. The number of amides is 1. The van der Waals surface area contributed by atoms with Gasteiger partial charge in [0, 0.05) is 50.4 Å². The molecule has 5 rings (SSSR count). The van der Waals surface area contributed by atoms with Gasteiger partial charge in [0.2, 0.25) is 11.8 Å². The summed E-state index contributed by atoms with van der Waals surface area (Å²) in [5.41, 5.74) is 2.15. The van der Waals surface area contributed by atoms with E-state index in [2.05, 4.69) is 25.1 Å². The third kappa shape index (κ3) is 4.30. The summed E-state index contributed by atoms with van der Waals surface area (Å²) in [6.45, 7) is 2.52. The number of anilines is 1. The summed E-state index contributed by atoms with van der Waals surface area (Å²) < 4.78 is 11.3. The normalized spacial score (nSPS) is 13.8. The maximum absolute atomic E-state index is 12.1. The van der Waals surface area contributed by atoms with Crippen LogP contribution in [0.25, 0.3) is 22.3 Å². The summed E-state index contributed by atoms with van der Waals surface area (Å²) in [5.74, 6) is 1.10. The monoisotopic (exact) mass is 446 g/mol. The summed E-state index contributed by atoms with van der Waals surface area (Å²) in [6, 6.07) is 9.17. The zero-order valence-corrected chi connectivity index (χ0v) is 18.2. The van der Waals surface area contributed by atoms with E-state index in [0.717, 1.165) is 16.5 Å². The van der Waals surface area contributed by atoms with Crippen LogP contribution in [0.2, 0.25) is 0 Å². The molecule has 1 saturated heterocycles. The lowest BCUT2D eigenvalue weighted by atomic mass is 10.1. The van der Waals surface area contributed by atoms with Gasteiger partial charge in [-0.2, -0.15) is 20.1 Å². The second-order valence-corrected chi connectivity index (χ2v) is 7.66. The maximum Gasteiger partial charge on any atom is 0.328 e. The zero-order chi connectivity index (χ0) is 22.8. The van der Waals surface area contributed by atoms with E-state index in [1.165, 1.54) is 11.1 Å². The fourth-order valence-corrected chi connectivity index (χ4v) is 3.50. The molecular weight excluding hydrogens is 424 g/mol. The van der Waals surface area contributed by atoms with Gasteiger partial charge in [-0.25, -0.2) is 4.98 Å². The van der Waals surface area contributed by atoms with Gasteiger partial charge in [-0.05, 0) is 12.1 Å². The molecule has 0 bridgehead atoms. The highest BCUT2D eigenvalue weighted by atomic mass is 16.5. The van der Waals surface area contributed by atoms with Crippen LogP contribution in [0.3, 0.4) is 0 Å². The average Bonchev–Trinajstić information content (AvgIpc) is 3.33. The number of hydrogen-bond donors (Lipinski definition) is 1. The Bertz CT molecular complexity index is 1280. The van der Waals surface area contributed by atoms with Gasteiger partial charge in [-0.3, -0.25) is 9.89 Å². The number of rotatable bonds is 5. The number of carbonyl (C=O) groups is 1. The molecule has 1 fully saturated rings. The van der Waals surface area contributed by atoms with E-state index in [9.17, 15) is 4.79 Å². The van der Waals surface area contributed by atoms with E-state index in [4.69, 9.17) is 14.5 Å². The first-order valence-electron chi connectivity index (χ1n) is 10.5. The van der Waals surface area contributed by atoms with Gasteiger partial charge in [-0.15, -0.1) is 0 Å². The quantitative estimate of drug-likeness (QED) is 0.491. The number of nitrogens with one attached hydrogen (secondary N) is 1. The molecule has 0 atom stereocenters. The zero-order valence-electron chi connectivity index (χ0n) is 18.2. The molecule has 0 unspecified atom stereocenters. The highest BCUT2D eigenvalue weighted by Gasteiger charge is 2.20. The van der Waals surface area contributed by atoms with Gasteiger partial charge in [0.25, 0.3) is 5.91 Å². The fourth-order valence-electron chi connectivity index (χ4n) is 3.50. The molecule has 1 aromatic carbocycles. The first-order valence-corrected chi connectivity index (χ1v) is 10.5. The van der Waals surface area contributed by atoms with Gasteiger partial charge in [0.15, 0.2) is 5.82 Å². The van der Waals surface area contributed by atoms with Crippen LogP contribution in [0.1, 0.15) is 10.4 Å². The number of carbonyl (C=O) groups excluding carboxylic acids is 1. The van der Waals surface area contributed by atoms with E-state index in [1.54, 1.807) is 32.4 Å². The first kappa shape index (κ1) is 20.8. The Morgan fingerprint density at radius 2 is 1.94 bits per heavy atom. The van der Waals surface area contributed by atoms with Crippen molar-refractivity contribution in [3.8, 4) is 23.3 Å². The Hall–Kier alpha value is -4.12. The van der Waals surface area contributed by atoms with Crippen molar-refractivity contribution >= 4 is 22.8 Å². The molecule has 0 aliphatic carbocycles. The number of aromatic amines is 1. The van der Waals surface area contributed by atoms with E-state index in [1.807, 2.05) is 23.1 Å². The highest BCUT2D eigenvalue weighted by molar-refractivity contribution is 5.93. The third-order valence-electron chi connectivity index (χ3n) is 5.21. The summed E-state index contributed by atoms with van der Waals surface area (Å²) in [7, 11) is 3.37. The van der Waals surface area contributed by atoms with Crippen LogP contribution in [0.4, 0.5) is 5.95 Å². The minimum atomic E-state index is -0.140. The molecule has 11 nitrogen and oxygen atoms in total. The van der Waals surface area contributed by atoms with E-state index >= 15 is 0 Å². The fraction of sp³-hybridized carbons (Fsp3) is 0.273. The van der Waals surface area contributed by atoms with Crippen molar-refractivity contribution in [2.75, 3.05) is 45.3 Å². The number of morpholine rings is 1. The number of ether oxygens (including phenoxy) is 2.